The van der Waals surface area contributed by atoms with E-state index in [1.807, 2.05) is 24.3 Å². The van der Waals surface area contributed by atoms with Gasteiger partial charge in [-0.3, -0.25) is 0 Å². The fourth-order valence-corrected chi connectivity index (χ4v) is 2.99. The van der Waals surface area contributed by atoms with Crippen LogP contribution in [0.4, 0.5) is 5.82 Å². The molecule has 8 heteroatoms. The average Bonchev–Trinajstić information content (AvgIpc) is 3.25. The Morgan fingerprint density at radius 3 is 3.04 bits per heavy atom. The molecule has 1 atom stereocenters. The minimum atomic E-state index is 0. The molecule has 3 rings (SSSR count). The summed E-state index contributed by atoms with van der Waals surface area (Å²) in [6.45, 7) is 5.16. The van der Waals surface area contributed by atoms with Gasteiger partial charge in [0.2, 0.25) is 0 Å². The van der Waals surface area contributed by atoms with E-state index < -0.39 is 0 Å². The minimum absolute atomic E-state index is 0. The summed E-state index contributed by atoms with van der Waals surface area (Å²) in [5, 5.41) is 7.45. The van der Waals surface area contributed by atoms with Crippen LogP contribution in [0.5, 0.6) is 0 Å². The van der Waals surface area contributed by atoms with Gasteiger partial charge < -0.3 is 20.0 Å². The fraction of sp³-hybridized carbons (Fsp3) is 0.412. The summed E-state index contributed by atoms with van der Waals surface area (Å²) in [6, 6.07) is 7.82. The maximum absolute atomic E-state index is 6.24. The SMILES string of the molecule is CCNC(=NCc1ccco1)NC1CCN(c2ncccc2Cl)C1.I. The molecule has 0 radical (unpaired) electrons. The summed E-state index contributed by atoms with van der Waals surface area (Å²) in [7, 11) is 0. The Morgan fingerprint density at radius 2 is 2.32 bits per heavy atom. The number of aromatic nitrogens is 1. The van der Waals surface area contributed by atoms with E-state index in [2.05, 4.69) is 32.4 Å². The fourth-order valence-electron chi connectivity index (χ4n) is 2.75. The predicted octanol–water partition coefficient (Wildman–Crippen LogP) is 3.28. The van der Waals surface area contributed by atoms with E-state index in [-0.39, 0.29) is 24.0 Å². The van der Waals surface area contributed by atoms with Gasteiger partial charge in [0.1, 0.15) is 18.1 Å². The Bertz CT molecular complexity index is 679. The molecule has 0 spiro atoms. The molecule has 6 nitrogen and oxygen atoms in total. The number of hydrogen-bond acceptors (Lipinski definition) is 4. The van der Waals surface area contributed by atoms with Crippen molar-refractivity contribution in [2.24, 2.45) is 4.99 Å². The van der Waals surface area contributed by atoms with Gasteiger partial charge >= 0.3 is 0 Å². The second-order valence-corrected chi connectivity index (χ2v) is 6.07. The normalized spacial score (nSPS) is 17.3. The molecule has 1 aliphatic rings. The van der Waals surface area contributed by atoms with Gasteiger partial charge in [0.05, 0.1) is 11.3 Å². The Kier molecular flexibility index (Phi) is 7.83. The molecular weight excluding hydrogens is 453 g/mol. The van der Waals surface area contributed by atoms with E-state index in [4.69, 9.17) is 16.0 Å². The zero-order valence-electron chi connectivity index (χ0n) is 14.1. The summed E-state index contributed by atoms with van der Waals surface area (Å²) >= 11 is 6.24. The first kappa shape index (κ1) is 19.8. The van der Waals surface area contributed by atoms with Gasteiger partial charge in [0, 0.05) is 31.9 Å². The number of halogens is 2. The highest BCUT2D eigenvalue weighted by Gasteiger charge is 2.25. The summed E-state index contributed by atoms with van der Waals surface area (Å²) in [5.74, 6) is 2.49. The molecule has 2 N–H and O–H groups in total. The van der Waals surface area contributed by atoms with Gasteiger partial charge in [0.15, 0.2) is 5.96 Å². The van der Waals surface area contributed by atoms with Crippen LogP contribution in [-0.4, -0.2) is 36.6 Å². The maximum Gasteiger partial charge on any atom is 0.191 e. The van der Waals surface area contributed by atoms with E-state index in [1.54, 1.807) is 12.5 Å². The maximum atomic E-state index is 6.24. The van der Waals surface area contributed by atoms with Crippen LogP contribution in [-0.2, 0) is 6.54 Å². The zero-order valence-corrected chi connectivity index (χ0v) is 17.2. The molecule has 0 aromatic carbocycles. The van der Waals surface area contributed by atoms with Crippen LogP contribution in [0.25, 0.3) is 0 Å². The number of guanidine groups is 1. The van der Waals surface area contributed by atoms with Crippen LogP contribution in [0.2, 0.25) is 5.02 Å². The topological polar surface area (TPSA) is 65.7 Å². The lowest BCUT2D eigenvalue weighted by Gasteiger charge is -2.20. The number of nitrogens with one attached hydrogen (secondary N) is 2. The van der Waals surface area contributed by atoms with Crippen molar-refractivity contribution in [3.63, 3.8) is 0 Å². The van der Waals surface area contributed by atoms with Gasteiger partial charge in [0.25, 0.3) is 0 Å². The van der Waals surface area contributed by atoms with Crippen molar-refractivity contribution >= 4 is 47.4 Å². The predicted molar refractivity (Wildman–Crippen MR) is 112 cm³/mol. The van der Waals surface area contributed by atoms with Crippen molar-refractivity contribution in [1.29, 1.82) is 0 Å². The standard InChI is InChI=1S/C17H22ClN5O.HI/c1-2-19-17(21-11-14-5-4-10-24-14)22-13-7-9-23(12-13)16-15(18)6-3-8-20-16;/h3-6,8,10,13H,2,7,9,11-12H2,1H3,(H2,19,21,22);1H. The van der Waals surface area contributed by atoms with E-state index in [0.717, 1.165) is 43.6 Å². The molecule has 0 amide bonds. The van der Waals surface area contributed by atoms with Crippen LogP contribution >= 0.6 is 35.6 Å². The van der Waals surface area contributed by atoms with Gasteiger partial charge in [-0.1, -0.05) is 11.6 Å². The average molecular weight is 476 g/mol. The number of hydrogen-bond donors (Lipinski definition) is 2. The zero-order chi connectivity index (χ0) is 16.8. The molecule has 136 valence electrons. The molecule has 0 bridgehead atoms. The van der Waals surface area contributed by atoms with Crippen LogP contribution in [0, 0.1) is 0 Å². The van der Waals surface area contributed by atoms with E-state index in [1.165, 1.54) is 0 Å². The van der Waals surface area contributed by atoms with Gasteiger partial charge in [-0.2, -0.15) is 0 Å². The van der Waals surface area contributed by atoms with E-state index >= 15 is 0 Å². The van der Waals surface area contributed by atoms with Crippen molar-refractivity contribution in [3.8, 4) is 0 Å². The third-order valence-electron chi connectivity index (χ3n) is 3.89. The van der Waals surface area contributed by atoms with Crippen molar-refractivity contribution in [1.82, 2.24) is 15.6 Å². The van der Waals surface area contributed by atoms with Crippen molar-refractivity contribution in [3.05, 3.63) is 47.5 Å². The highest BCUT2D eigenvalue weighted by Crippen LogP contribution is 2.25. The van der Waals surface area contributed by atoms with Gasteiger partial charge in [-0.15, -0.1) is 24.0 Å². The highest BCUT2D eigenvalue weighted by molar-refractivity contribution is 14.0. The number of aliphatic imine (C=N–C) groups is 1. The number of anilines is 1. The number of furan rings is 1. The highest BCUT2D eigenvalue weighted by atomic mass is 127. The molecule has 1 saturated heterocycles. The molecule has 3 heterocycles. The van der Waals surface area contributed by atoms with Crippen LogP contribution in [0.3, 0.4) is 0 Å². The molecule has 1 fully saturated rings. The monoisotopic (exact) mass is 475 g/mol. The Hall–Kier alpha value is -1.48. The Morgan fingerprint density at radius 1 is 1.44 bits per heavy atom. The van der Waals surface area contributed by atoms with Crippen LogP contribution in [0.15, 0.2) is 46.1 Å². The molecule has 2 aromatic rings. The lowest BCUT2D eigenvalue weighted by Crippen LogP contribution is -2.44. The third-order valence-corrected chi connectivity index (χ3v) is 4.18. The van der Waals surface area contributed by atoms with Crippen LogP contribution in [0.1, 0.15) is 19.1 Å². The Labute approximate surface area is 170 Å². The summed E-state index contributed by atoms with van der Waals surface area (Å²) in [6.07, 6.45) is 4.45. The summed E-state index contributed by atoms with van der Waals surface area (Å²) in [4.78, 5) is 11.2. The number of pyridine rings is 1. The molecule has 0 saturated carbocycles. The second kappa shape index (κ2) is 9.86. The van der Waals surface area contributed by atoms with Gasteiger partial charge in [-0.05, 0) is 37.6 Å². The van der Waals surface area contributed by atoms with Crippen LogP contribution < -0.4 is 15.5 Å². The van der Waals surface area contributed by atoms with Crippen molar-refractivity contribution in [2.45, 2.75) is 25.9 Å². The first-order chi connectivity index (χ1) is 11.8. The largest absolute Gasteiger partial charge is 0.467 e. The quantitative estimate of drug-likeness (QED) is 0.395. The molecule has 0 aliphatic carbocycles. The first-order valence-electron chi connectivity index (χ1n) is 8.19. The van der Waals surface area contributed by atoms with Crippen molar-refractivity contribution in [2.75, 3.05) is 24.5 Å². The smallest absolute Gasteiger partial charge is 0.191 e. The Balaban J connectivity index is 0.00000225. The molecule has 25 heavy (non-hydrogen) atoms. The number of nitrogens with zero attached hydrogens (tertiary/aromatic N) is 3. The molecule has 1 aliphatic heterocycles. The number of rotatable bonds is 5. The summed E-state index contributed by atoms with van der Waals surface area (Å²) in [5.41, 5.74) is 0. The lowest BCUT2D eigenvalue weighted by atomic mass is 10.3. The molecule has 2 aromatic heterocycles. The third kappa shape index (κ3) is 5.50. The molecule has 1 unspecified atom stereocenters. The first-order valence-corrected chi connectivity index (χ1v) is 8.56. The van der Waals surface area contributed by atoms with E-state index in [9.17, 15) is 0 Å². The van der Waals surface area contributed by atoms with Gasteiger partial charge in [-0.25, -0.2) is 9.98 Å². The van der Waals surface area contributed by atoms with Crippen molar-refractivity contribution < 1.29 is 4.42 Å². The second-order valence-electron chi connectivity index (χ2n) is 5.66. The summed E-state index contributed by atoms with van der Waals surface area (Å²) < 4.78 is 5.33. The minimum Gasteiger partial charge on any atom is -0.467 e. The van der Waals surface area contributed by atoms with E-state index in [0.29, 0.717) is 17.6 Å². The lowest BCUT2D eigenvalue weighted by molar-refractivity contribution is 0.511. The molecular formula is C17H23ClIN5O.